The first-order chi connectivity index (χ1) is 8.08. The Balaban J connectivity index is 2.36. The fourth-order valence-electron chi connectivity index (χ4n) is 1.60. The van der Waals surface area contributed by atoms with E-state index in [-0.39, 0.29) is 6.04 Å². The van der Waals surface area contributed by atoms with Crippen LogP contribution < -0.4 is 5.73 Å². The Morgan fingerprint density at radius 3 is 2.65 bits per heavy atom. The highest BCUT2D eigenvalue weighted by Crippen LogP contribution is 2.28. The largest absolute Gasteiger partial charge is 0.320 e. The number of nitrogens with two attached hydrogens (primary N) is 1. The molecular formula is C13H12BrClN2. The average Bonchev–Trinajstić information content (AvgIpc) is 2.29. The van der Waals surface area contributed by atoms with Crippen LogP contribution in [0.2, 0.25) is 5.02 Å². The second-order valence-corrected chi connectivity index (χ2v) is 5.17. The van der Waals surface area contributed by atoms with Gasteiger partial charge in [-0.3, -0.25) is 4.98 Å². The van der Waals surface area contributed by atoms with Gasteiger partial charge in [-0.1, -0.05) is 39.7 Å². The topological polar surface area (TPSA) is 38.9 Å². The van der Waals surface area contributed by atoms with Gasteiger partial charge < -0.3 is 5.73 Å². The van der Waals surface area contributed by atoms with Crippen molar-refractivity contribution in [1.82, 2.24) is 4.98 Å². The molecule has 0 saturated heterocycles. The van der Waals surface area contributed by atoms with E-state index in [1.54, 1.807) is 6.20 Å². The number of pyridine rings is 1. The molecule has 88 valence electrons. The molecular weight excluding hydrogens is 300 g/mol. The van der Waals surface area contributed by atoms with Gasteiger partial charge in [-0.2, -0.15) is 0 Å². The van der Waals surface area contributed by atoms with Crippen LogP contribution in [-0.2, 0) is 0 Å². The minimum atomic E-state index is -0.199. The van der Waals surface area contributed by atoms with Crippen LogP contribution >= 0.6 is 27.5 Å². The molecule has 0 spiro atoms. The summed E-state index contributed by atoms with van der Waals surface area (Å²) in [6.45, 7) is 1.95. The normalized spacial score (nSPS) is 12.5. The minimum Gasteiger partial charge on any atom is -0.320 e. The van der Waals surface area contributed by atoms with Gasteiger partial charge in [-0.15, -0.1) is 0 Å². The van der Waals surface area contributed by atoms with Crippen molar-refractivity contribution in [2.45, 2.75) is 13.0 Å². The Morgan fingerprint density at radius 2 is 2.06 bits per heavy atom. The Bertz CT molecular complexity index is 525. The van der Waals surface area contributed by atoms with Gasteiger partial charge in [0.1, 0.15) is 0 Å². The average molecular weight is 312 g/mol. The van der Waals surface area contributed by atoms with Gasteiger partial charge in [0.2, 0.25) is 0 Å². The van der Waals surface area contributed by atoms with Crippen molar-refractivity contribution in [3.63, 3.8) is 0 Å². The third-order valence-corrected chi connectivity index (χ3v) is 3.51. The Hall–Kier alpha value is -0.900. The summed E-state index contributed by atoms with van der Waals surface area (Å²) in [5, 5.41) is 0.690. The van der Waals surface area contributed by atoms with Crippen LogP contribution in [0.5, 0.6) is 0 Å². The highest BCUT2D eigenvalue weighted by atomic mass is 79.9. The summed E-state index contributed by atoms with van der Waals surface area (Å²) in [4.78, 5) is 4.25. The molecule has 0 radical (unpaired) electrons. The summed E-state index contributed by atoms with van der Waals surface area (Å²) in [6.07, 6.45) is 1.81. The van der Waals surface area contributed by atoms with Crippen LogP contribution in [0.25, 0.3) is 0 Å². The van der Waals surface area contributed by atoms with E-state index >= 15 is 0 Å². The summed E-state index contributed by atoms with van der Waals surface area (Å²) < 4.78 is 0.915. The molecule has 0 saturated carbocycles. The van der Waals surface area contributed by atoms with Crippen molar-refractivity contribution >= 4 is 27.5 Å². The molecule has 0 aliphatic carbocycles. The molecule has 0 fully saturated rings. The molecule has 2 nitrogen and oxygen atoms in total. The Kier molecular flexibility index (Phi) is 3.82. The predicted octanol–water partition coefficient (Wildman–Crippen LogP) is 3.85. The van der Waals surface area contributed by atoms with Crippen molar-refractivity contribution in [2.75, 3.05) is 0 Å². The monoisotopic (exact) mass is 310 g/mol. The van der Waals surface area contributed by atoms with Crippen LogP contribution in [0.3, 0.4) is 0 Å². The summed E-state index contributed by atoms with van der Waals surface area (Å²) in [7, 11) is 0. The zero-order valence-electron chi connectivity index (χ0n) is 9.32. The number of rotatable bonds is 2. The number of hydrogen-bond donors (Lipinski definition) is 1. The van der Waals surface area contributed by atoms with Gasteiger partial charge in [0, 0.05) is 21.4 Å². The second kappa shape index (κ2) is 5.17. The van der Waals surface area contributed by atoms with Gasteiger partial charge in [-0.25, -0.2) is 0 Å². The maximum Gasteiger partial charge on any atom is 0.0578 e. The lowest BCUT2D eigenvalue weighted by molar-refractivity contribution is 0.855. The van der Waals surface area contributed by atoms with Crippen LogP contribution in [-0.4, -0.2) is 4.98 Å². The van der Waals surface area contributed by atoms with E-state index in [2.05, 4.69) is 20.9 Å². The third kappa shape index (κ3) is 2.86. The van der Waals surface area contributed by atoms with E-state index in [0.29, 0.717) is 5.02 Å². The fraction of sp³-hybridized carbons (Fsp3) is 0.154. The Labute approximate surface area is 114 Å². The molecule has 1 atom stereocenters. The van der Waals surface area contributed by atoms with Gasteiger partial charge in [0.05, 0.1) is 6.04 Å². The molecule has 0 aliphatic rings. The lowest BCUT2D eigenvalue weighted by atomic mass is 10.0. The lowest BCUT2D eigenvalue weighted by Crippen LogP contribution is -2.12. The summed E-state index contributed by atoms with van der Waals surface area (Å²) in [5.41, 5.74) is 9.17. The maximum absolute atomic E-state index is 6.20. The summed E-state index contributed by atoms with van der Waals surface area (Å²) in [5.74, 6) is 0. The van der Waals surface area contributed by atoms with Crippen LogP contribution in [0.4, 0.5) is 0 Å². The van der Waals surface area contributed by atoms with Gasteiger partial charge >= 0.3 is 0 Å². The molecule has 0 aliphatic heterocycles. The quantitative estimate of drug-likeness (QED) is 0.915. The first-order valence-corrected chi connectivity index (χ1v) is 6.38. The van der Waals surface area contributed by atoms with Crippen molar-refractivity contribution in [3.8, 4) is 0 Å². The maximum atomic E-state index is 6.20. The van der Waals surface area contributed by atoms with E-state index in [0.717, 1.165) is 21.3 Å². The van der Waals surface area contributed by atoms with E-state index in [4.69, 9.17) is 17.3 Å². The van der Waals surface area contributed by atoms with E-state index < -0.39 is 0 Å². The highest BCUT2D eigenvalue weighted by molar-refractivity contribution is 9.10. The van der Waals surface area contributed by atoms with Gasteiger partial charge in [-0.05, 0) is 36.2 Å². The molecule has 1 unspecified atom stereocenters. The molecule has 1 aromatic heterocycles. The number of aryl methyl sites for hydroxylation is 1. The van der Waals surface area contributed by atoms with Crippen LogP contribution in [0.15, 0.2) is 41.0 Å². The van der Waals surface area contributed by atoms with Crippen molar-refractivity contribution in [3.05, 3.63) is 62.8 Å². The predicted molar refractivity (Wildman–Crippen MR) is 74.2 cm³/mol. The summed E-state index contributed by atoms with van der Waals surface area (Å²) >= 11 is 9.38. The number of aromatic nitrogens is 1. The molecule has 1 heterocycles. The molecule has 4 heteroatoms. The third-order valence-electron chi connectivity index (χ3n) is 2.59. The number of benzene rings is 1. The smallest absolute Gasteiger partial charge is 0.0578 e. The summed E-state index contributed by atoms with van der Waals surface area (Å²) in [6, 6.07) is 9.36. The Morgan fingerprint density at radius 1 is 1.29 bits per heavy atom. The van der Waals surface area contributed by atoms with E-state index in [9.17, 15) is 0 Å². The van der Waals surface area contributed by atoms with Crippen molar-refractivity contribution in [2.24, 2.45) is 5.73 Å². The first-order valence-electron chi connectivity index (χ1n) is 5.21. The van der Waals surface area contributed by atoms with E-state index in [1.807, 2.05) is 37.3 Å². The molecule has 2 rings (SSSR count). The zero-order valence-corrected chi connectivity index (χ0v) is 11.7. The van der Waals surface area contributed by atoms with Gasteiger partial charge in [0.25, 0.3) is 0 Å². The van der Waals surface area contributed by atoms with Crippen LogP contribution in [0.1, 0.15) is 22.9 Å². The van der Waals surface area contributed by atoms with Crippen molar-refractivity contribution < 1.29 is 0 Å². The molecule has 0 bridgehead atoms. The molecule has 1 aromatic carbocycles. The standard InChI is InChI=1S/C13H12BrClN2/c1-8-2-3-9(7-17-8)13(16)11-5-4-10(15)6-12(11)14/h2-7,13H,16H2,1H3. The highest BCUT2D eigenvalue weighted by Gasteiger charge is 2.12. The van der Waals surface area contributed by atoms with Gasteiger partial charge in [0.15, 0.2) is 0 Å². The molecule has 17 heavy (non-hydrogen) atoms. The second-order valence-electron chi connectivity index (χ2n) is 3.88. The number of halogens is 2. The van der Waals surface area contributed by atoms with Crippen LogP contribution in [0, 0.1) is 6.92 Å². The van der Waals surface area contributed by atoms with Crippen molar-refractivity contribution in [1.29, 1.82) is 0 Å². The lowest BCUT2D eigenvalue weighted by Gasteiger charge is -2.14. The molecule has 0 amide bonds. The zero-order chi connectivity index (χ0) is 12.4. The first kappa shape index (κ1) is 12.6. The number of hydrogen-bond acceptors (Lipinski definition) is 2. The fourth-order valence-corrected chi connectivity index (χ4v) is 2.53. The molecule has 2 N–H and O–H groups in total. The molecule has 2 aromatic rings. The van der Waals surface area contributed by atoms with E-state index in [1.165, 1.54) is 0 Å². The SMILES string of the molecule is Cc1ccc(C(N)c2ccc(Cl)cc2Br)cn1. The minimum absolute atomic E-state index is 0.199. The number of nitrogens with zero attached hydrogens (tertiary/aromatic N) is 1.